The molecule has 3 rings (SSSR count). The number of hydrogen-bond acceptors (Lipinski definition) is 7. The van der Waals surface area contributed by atoms with Crippen LogP contribution >= 0.6 is 11.3 Å². The van der Waals surface area contributed by atoms with Crippen molar-refractivity contribution in [3.05, 3.63) is 82.9 Å². The van der Waals surface area contributed by atoms with Crippen molar-refractivity contribution in [3.8, 4) is 23.3 Å². The number of carbonyl (C=O) groups excluding carboxylic acids is 1. The minimum Gasteiger partial charge on any atom is -0.493 e. The summed E-state index contributed by atoms with van der Waals surface area (Å²) >= 11 is 1.27. The Kier molecular flexibility index (Phi) is 8.83. The lowest BCUT2D eigenvalue weighted by atomic mass is 10.0. The largest absolute Gasteiger partial charge is 0.493 e. The standard InChI is InChI=1S/C26H25N3O4S/c1-4-5-20-14-19(15-21(17-27)25(30)29-26-28-10-13-34-26)16-23(31-3)24(20)33-12-11-32-22-8-6-18(2)7-9-22/h4,6-10,13-16H,1,5,11-12H2,2-3H3,(H,28,29,30)/b21-15-. The molecule has 0 aliphatic carbocycles. The molecule has 1 heterocycles. The zero-order chi connectivity index (χ0) is 24.3. The molecular weight excluding hydrogens is 450 g/mol. The van der Waals surface area contributed by atoms with Crippen LogP contribution in [-0.2, 0) is 11.2 Å². The number of nitrogens with one attached hydrogen (secondary N) is 1. The van der Waals surface area contributed by atoms with Gasteiger partial charge in [0.1, 0.15) is 30.6 Å². The molecule has 1 aromatic heterocycles. The Morgan fingerprint density at radius 2 is 2.00 bits per heavy atom. The molecule has 1 amide bonds. The molecule has 0 radical (unpaired) electrons. The van der Waals surface area contributed by atoms with E-state index < -0.39 is 5.91 Å². The van der Waals surface area contributed by atoms with Crippen LogP contribution in [0, 0.1) is 18.3 Å². The monoisotopic (exact) mass is 475 g/mol. The first-order valence-electron chi connectivity index (χ1n) is 10.5. The molecule has 174 valence electrons. The Labute approximate surface area is 202 Å². The molecule has 0 atom stereocenters. The molecule has 1 N–H and O–H groups in total. The van der Waals surface area contributed by atoms with Gasteiger partial charge in [0.25, 0.3) is 5.91 Å². The van der Waals surface area contributed by atoms with Gasteiger partial charge in [-0.2, -0.15) is 5.26 Å². The predicted molar refractivity (Wildman–Crippen MR) is 133 cm³/mol. The number of amides is 1. The summed E-state index contributed by atoms with van der Waals surface area (Å²) in [5.74, 6) is 1.29. The maximum absolute atomic E-state index is 12.5. The summed E-state index contributed by atoms with van der Waals surface area (Å²) in [5, 5.41) is 14.3. The molecule has 34 heavy (non-hydrogen) atoms. The first-order valence-corrected chi connectivity index (χ1v) is 11.4. The Balaban J connectivity index is 1.76. The average Bonchev–Trinajstić information content (AvgIpc) is 3.35. The molecule has 7 nitrogen and oxygen atoms in total. The van der Waals surface area contributed by atoms with Crippen LogP contribution in [-0.4, -0.2) is 31.2 Å². The number of carbonyl (C=O) groups is 1. The third kappa shape index (κ3) is 6.70. The van der Waals surface area contributed by atoms with Gasteiger partial charge in [-0.25, -0.2) is 4.98 Å². The van der Waals surface area contributed by atoms with Gasteiger partial charge in [-0.3, -0.25) is 10.1 Å². The number of nitrogens with zero attached hydrogens (tertiary/aromatic N) is 2. The van der Waals surface area contributed by atoms with Gasteiger partial charge in [-0.15, -0.1) is 17.9 Å². The summed E-state index contributed by atoms with van der Waals surface area (Å²) in [6.07, 6.45) is 5.34. The number of aromatic nitrogens is 1. The summed E-state index contributed by atoms with van der Waals surface area (Å²) < 4.78 is 17.3. The molecule has 0 saturated carbocycles. The zero-order valence-electron chi connectivity index (χ0n) is 19.0. The summed E-state index contributed by atoms with van der Waals surface area (Å²) in [4.78, 5) is 16.5. The second kappa shape index (κ2) is 12.2. The molecule has 0 spiro atoms. The van der Waals surface area contributed by atoms with Crippen LogP contribution in [0.3, 0.4) is 0 Å². The van der Waals surface area contributed by atoms with E-state index in [1.54, 1.807) is 23.7 Å². The van der Waals surface area contributed by atoms with Gasteiger partial charge in [-0.05, 0) is 49.2 Å². The van der Waals surface area contributed by atoms with Crippen molar-refractivity contribution in [2.75, 3.05) is 25.6 Å². The number of nitriles is 1. The fourth-order valence-electron chi connectivity index (χ4n) is 3.09. The van der Waals surface area contributed by atoms with Crippen LogP contribution in [0.4, 0.5) is 5.13 Å². The molecule has 3 aromatic rings. The number of benzene rings is 2. The van der Waals surface area contributed by atoms with E-state index in [4.69, 9.17) is 14.2 Å². The Bertz CT molecular complexity index is 1200. The predicted octanol–water partition coefficient (Wildman–Crippen LogP) is 5.19. The Hall–Kier alpha value is -4.09. The molecule has 0 aliphatic rings. The number of allylic oxidation sites excluding steroid dienone is 1. The topological polar surface area (TPSA) is 93.5 Å². The first kappa shape index (κ1) is 24.6. The van der Waals surface area contributed by atoms with Crippen LogP contribution < -0.4 is 19.5 Å². The molecular formula is C26H25N3O4S. The second-order valence-corrected chi connectivity index (χ2v) is 8.07. The van der Waals surface area contributed by atoms with Crippen LogP contribution in [0.1, 0.15) is 16.7 Å². The minimum atomic E-state index is -0.532. The van der Waals surface area contributed by atoms with Gasteiger partial charge < -0.3 is 14.2 Å². The lowest BCUT2D eigenvalue weighted by Crippen LogP contribution is -2.13. The van der Waals surface area contributed by atoms with Crippen LogP contribution in [0.2, 0.25) is 0 Å². The second-order valence-electron chi connectivity index (χ2n) is 7.18. The number of aryl methyl sites for hydroxylation is 1. The molecule has 0 fully saturated rings. The van der Waals surface area contributed by atoms with Crippen molar-refractivity contribution in [1.29, 1.82) is 5.26 Å². The number of ether oxygens (including phenoxy) is 3. The van der Waals surface area contributed by atoms with E-state index in [0.29, 0.717) is 41.8 Å². The van der Waals surface area contributed by atoms with E-state index in [1.165, 1.54) is 24.5 Å². The Morgan fingerprint density at radius 1 is 1.24 bits per heavy atom. The third-order valence-corrected chi connectivity index (χ3v) is 5.38. The maximum Gasteiger partial charge on any atom is 0.268 e. The number of thiazole rings is 1. The SMILES string of the molecule is C=CCc1cc(/C=C(/C#N)C(=O)Nc2nccs2)cc(OC)c1OCCOc1ccc(C)cc1. The number of methoxy groups -OCH3 is 1. The summed E-state index contributed by atoms with van der Waals surface area (Å²) in [6, 6.07) is 13.3. The minimum absolute atomic E-state index is 0.0537. The van der Waals surface area contributed by atoms with E-state index in [1.807, 2.05) is 43.3 Å². The van der Waals surface area contributed by atoms with Crippen molar-refractivity contribution in [3.63, 3.8) is 0 Å². The van der Waals surface area contributed by atoms with E-state index >= 15 is 0 Å². The molecule has 0 unspecified atom stereocenters. The van der Waals surface area contributed by atoms with E-state index in [0.717, 1.165) is 16.9 Å². The van der Waals surface area contributed by atoms with Crippen molar-refractivity contribution in [2.45, 2.75) is 13.3 Å². The number of rotatable bonds is 11. The quantitative estimate of drug-likeness (QED) is 0.177. The summed E-state index contributed by atoms with van der Waals surface area (Å²) in [5.41, 5.74) is 2.55. The number of anilines is 1. The average molecular weight is 476 g/mol. The van der Waals surface area contributed by atoms with Gasteiger partial charge in [0.15, 0.2) is 16.6 Å². The smallest absolute Gasteiger partial charge is 0.268 e. The summed E-state index contributed by atoms with van der Waals surface area (Å²) in [7, 11) is 1.54. The molecule has 0 saturated heterocycles. The maximum atomic E-state index is 12.5. The van der Waals surface area contributed by atoms with Crippen molar-refractivity contribution < 1.29 is 19.0 Å². The van der Waals surface area contributed by atoms with E-state index in [-0.39, 0.29) is 5.57 Å². The van der Waals surface area contributed by atoms with E-state index in [9.17, 15) is 10.1 Å². The fraction of sp³-hybridized carbons (Fsp3) is 0.192. The lowest BCUT2D eigenvalue weighted by Gasteiger charge is -2.16. The highest BCUT2D eigenvalue weighted by Crippen LogP contribution is 2.34. The van der Waals surface area contributed by atoms with Gasteiger partial charge in [-0.1, -0.05) is 23.8 Å². The van der Waals surface area contributed by atoms with Gasteiger partial charge >= 0.3 is 0 Å². The van der Waals surface area contributed by atoms with Gasteiger partial charge in [0, 0.05) is 17.1 Å². The van der Waals surface area contributed by atoms with Crippen LogP contribution in [0.25, 0.3) is 6.08 Å². The van der Waals surface area contributed by atoms with Crippen LogP contribution in [0.5, 0.6) is 17.2 Å². The molecule has 2 aromatic carbocycles. The zero-order valence-corrected chi connectivity index (χ0v) is 19.9. The molecule has 8 heteroatoms. The van der Waals surface area contributed by atoms with Crippen molar-refractivity contribution in [1.82, 2.24) is 4.98 Å². The highest BCUT2D eigenvalue weighted by atomic mass is 32.1. The normalized spacial score (nSPS) is 10.8. The van der Waals surface area contributed by atoms with Crippen molar-refractivity contribution >= 4 is 28.5 Å². The lowest BCUT2D eigenvalue weighted by molar-refractivity contribution is -0.112. The first-order chi connectivity index (χ1) is 16.5. The van der Waals surface area contributed by atoms with Crippen molar-refractivity contribution in [2.24, 2.45) is 0 Å². The van der Waals surface area contributed by atoms with Crippen LogP contribution in [0.15, 0.2) is 66.2 Å². The Morgan fingerprint density at radius 3 is 2.65 bits per heavy atom. The molecule has 0 aliphatic heterocycles. The number of hydrogen-bond donors (Lipinski definition) is 1. The van der Waals surface area contributed by atoms with Gasteiger partial charge in [0.2, 0.25) is 0 Å². The van der Waals surface area contributed by atoms with E-state index in [2.05, 4.69) is 16.9 Å². The molecule has 0 bridgehead atoms. The summed E-state index contributed by atoms with van der Waals surface area (Å²) in [6.45, 7) is 6.50. The highest BCUT2D eigenvalue weighted by Gasteiger charge is 2.15. The third-order valence-electron chi connectivity index (χ3n) is 4.69. The fourth-order valence-corrected chi connectivity index (χ4v) is 3.62. The van der Waals surface area contributed by atoms with Gasteiger partial charge in [0.05, 0.1) is 7.11 Å². The highest BCUT2D eigenvalue weighted by molar-refractivity contribution is 7.13.